The Morgan fingerprint density at radius 3 is 2.64 bits per heavy atom. The molecule has 0 atom stereocenters. The number of benzene rings is 1. The van der Waals surface area contributed by atoms with E-state index in [0.717, 1.165) is 5.76 Å². The zero-order valence-electron chi connectivity index (χ0n) is 13.6. The molecule has 0 saturated carbocycles. The van der Waals surface area contributed by atoms with Crippen LogP contribution in [0.1, 0.15) is 19.1 Å². The van der Waals surface area contributed by atoms with Gasteiger partial charge < -0.3 is 19.4 Å². The Balaban J connectivity index is 2.06. The highest BCUT2D eigenvalue weighted by Gasteiger charge is 2.15. The van der Waals surface area contributed by atoms with Crippen LogP contribution in [0.15, 0.2) is 41.0 Å². The SMILES string of the molecule is CCOC(=O)CCN(Cc1ccco1)C(=S)Nc1cc(Cl)cc(Cl)c1. The van der Waals surface area contributed by atoms with Gasteiger partial charge in [0.1, 0.15) is 5.76 Å². The summed E-state index contributed by atoms with van der Waals surface area (Å²) in [6.07, 6.45) is 1.80. The minimum Gasteiger partial charge on any atom is -0.467 e. The molecule has 0 radical (unpaired) electrons. The van der Waals surface area contributed by atoms with E-state index in [-0.39, 0.29) is 12.4 Å². The van der Waals surface area contributed by atoms with Crippen LogP contribution in [-0.4, -0.2) is 29.1 Å². The van der Waals surface area contributed by atoms with E-state index in [1.807, 2.05) is 11.0 Å². The fourth-order valence-corrected chi connectivity index (χ4v) is 2.93. The first kappa shape index (κ1) is 19.6. The summed E-state index contributed by atoms with van der Waals surface area (Å²) in [5.41, 5.74) is 0.670. The van der Waals surface area contributed by atoms with E-state index in [9.17, 15) is 4.79 Å². The highest BCUT2D eigenvalue weighted by molar-refractivity contribution is 7.80. The fourth-order valence-electron chi connectivity index (χ4n) is 2.13. The monoisotopic (exact) mass is 400 g/mol. The van der Waals surface area contributed by atoms with Gasteiger partial charge in [-0.3, -0.25) is 4.79 Å². The van der Waals surface area contributed by atoms with Gasteiger partial charge in [0.15, 0.2) is 5.11 Å². The number of rotatable bonds is 7. The number of thiocarbonyl (C=S) groups is 1. The summed E-state index contributed by atoms with van der Waals surface area (Å²) in [7, 11) is 0. The Bertz CT molecular complexity index is 702. The van der Waals surface area contributed by atoms with Crippen LogP contribution in [0.3, 0.4) is 0 Å². The summed E-state index contributed by atoms with van der Waals surface area (Å²) in [5, 5.41) is 4.52. The van der Waals surface area contributed by atoms with Crippen molar-refractivity contribution in [3.8, 4) is 0 Å². The average Bonchev–Trinajstić information content (AvgIpc) is 3.03. The minimum absolute atomic E-state index is 0.215. The highest BCUT2D eigenvalue weighted by Crippen LogP contribution is 2.23. The van der Waals surface area contributed by atoms with Crippen molar-refractivity contribution in [2.24, 2.45) is 0 Å². The molecule has 0 fully saturated rings. The van der Waals surface area contributed by atoms with Gasteiger partial charge in [0.05, 0.1) is 25.8 Å². The lowest BCUT2D eigenvalue weighted by atomic mass is 10.3. The molecule has 0 bridgehead atoms. The number of furan rings is 1. The van der Waals surface area contributed by atoms with Gasteiger partial charge in [-0.2, -0.15) is 0 Å². The first-order chi connectivity index (χ1) is 12.0. The van der Waals surface area contributed by atoms with Crippen molar-refractivity contribution in [1.29, 1.82) is 0 Å². The quantitative estimate of drug-likeness (QED) is 0.534. The summed E-state index contributed by atoms with van der Waals surface area (Å²) < 4.78 is 10.3. The van der Waals surface area contributed by atoms with Crippen molar-refractivity contribution in [2.75, 3.05) is 18.5 Å². The number of anilines is 1. The topological polar surface area (TPSA) is 54.7 Å². The molecule has 1 heterocycles. The lowest BCUT2D eigenvalue weighted by Gasteiger charge is -2.25. The third-order valence-corrected chi connectivity index (χ3v) is 4.02. The van der Waals surface area contributed by atoms with Crippen molar-refractivity contribution in [2.45, 2.75) is 19.9 Å². The largest absolute Gasteiger partial charge is 0.467 e. The summed E-state index contributed by atoms with van der Waals surface area (Å²) in [5.74, 6) is 0.456. The second-order valence-electron chi connectivity index (χ2n) is 5.14. The minimum atomic E-state index is -0.277. The van der Waals surface area contributed by atoms with Gasteiger partial charge in [-0.15, -0.1) is 0 Å². The van der Waals surface area contributed by atoms with E-state index < -0.39 is 0 Å². The van der Waals surface area contributed by atoms with Crippen LogP contribution in [0, 0.1) is 0 Å². The molecule has 1 aromatic heterocycles. The number of carbonyl (C=O) groups is 1. The van der Waals surface area contributed by atoms with Crippen LogP contribution in [0.5, 0.6) is 0 Å². The maximum Gasteiger partial charge on any atom is 0.307 e. The van der Waals surface area contributed by atoms with Crippen molar-refractivity contribution in [3.63, 3.8) is 0 Å². The Kier molecular flexibility index (Phi) is 7.55. The second kappa shape index (κ2) is 9.65. The predicted molar refractivity (Wildman–Crippen MR) is 103 cm³/mol. The average molecular weight is 401 g/mol. The predicted octanol–water partition coefficient (Wildman–Crippen LogP) is 4.74. The lowest BCUT2D eigenvalue weighted by Crippen LogP contribution is -2.36. The summed E-state index contributed by atoms with van der Waals surface area (Å²) >= 11 is 17.5. The number of hydrogen-bond acceptors (Lipinski definition) is 4. The first-order valence-corrected chi connectivity index (χ1v) is 8.84. The molecule has 0 aliphatic rings. The molecule has 0 amide bonds. The van der Waals surface area contributed by atoms with Gasteiger partial charge in [-0.05, 0) is 49.5 Å². The number of ether oxygens (including phenoxy) is 1. The normalized spacial score (nSPS) is 10.4. The highest BCUT2D eigenvalue weighted by atomic mass is 35.5. The maximum absolute atomic E-state index is 11.6. The van der Waals surface area contributed by atoms with Crippen molar-refractivity contribution >= 4 is 52.2 Å². The molecule has 1 N–H and O–H groups in total. The molecule has 0 saturated heterocycles. The first-order valence-electron chi connectivity index (χ1n) is 7.68. The molecule has 2 rings (SSSR count). The fraction of sp³-hybridized carbons (Fsp3) is 0.294. The van der Waals surface area contributed by atoms with Crippen LogP contribution in [0.4, 0.5) is 5.69 Å². The number of esters is 1. The number of hydrogen-bond donors (Lipinski definition) is 1. The summed E-state index contributed by atoms with van der Waals surface area (Å²) in [6, 6.07) is 8.72. The van der Waals surface area contributed by atoms with E-state index in [4.69, 9.17) is 44.6 Å². The Labute approximate surface area is 161 Å². The Morgan fingerprint density at radius 2 is 2.04 bits per heavy atom. The van der Waals surface area contributed by atoms with Gasteiger partial charge in [-0.25, -0.2) is 0 Å². The molecule has 1 aromatic carbocycles. The smallest absolute Gasteiger partial charge is 0.307 e. The molecular weight excluding hydrogens is 383 g/mol. The molecule has 0 spiro atoms. The van der Waals surface area contributed by atoms with Crippen molar-refractivity contribution in [1.82, 2.24) is 4.90 Å². The number of nitrogens with zero attached hydrogens (tertiary/aromatic N) is 1. The lowest BCUT2D eigenvalue weighted by molar-refractivity contribution is -0.143. The molecule has 25 heavy (non-hydrogen) atoms. The number of carbonyl (C=O) groups excluding carboxylic acids is 1. The van der Waals surface area contributed by atoms with E-state index in [1.165, 1.54) is 0 Å². The standard InChI is InChI=1S/C17H18Cl2N2O3S/c1-2-23-16(22)5-6-21(11-15-4-3-7-24-15)17(25)20-14-9-12(18)8-13(19)10-14/h3-4,7-10H,2,5-6,11H2,1H3,(H,20,25). The third-order valence-electron chi connectivity index (χ3n) is 3.22. The van der Waals surface area contributed by atoms with Gasteiger partial charge in [-0.1, -0.05) is 23.2 Å². The Hall–Kier alpha value is -1.76. The molecule has 134 valence electrons. The van der Waals surface area contributed by atoms with Gasteiger partial charge in [0.2, 0.25) is 0 Å². The van der Waals surface area contributed by atoms with Crippen LogP contribution in [0.25, 0.3) is 0 Å². The van der Waals surface area contributed by atoms with Crippen molar-refractivity contribution in [3.05, 3.63) is 52.4 Å². The van der Waals surface area contributed by atoms with E-state index in [0.29, 0.717) is 40.5 Å². The Morgan fingerprint density at radius 1 is 1.32 bits per heavy atom. The zero-order chi connectivity index (χ0) is 18.2. The van der Waals surface area contributed by atoms with Crippen molar-refractivity contribution < 1.29 is 13.9 Å². The van der Waals surface area contributed by atoms with E-state index >= 15 is 0 Å². The molecule has 5 nitrogen and oxygen atoms in total. The van der Waals surface area contributed by atoms with Crippen LogP contribution >= 0.6 is 35.4 Å². The molecule has 2 aromatic rings. The van der Waals surface area contributed by atoms with Crippen LogP contribution in [0.2, 0.25) is 10.0 Å². The van der Waals surface area contributed by atoms with Crippen LogP contribution in [-0.2, 0) is 16.1 Å². The second-order valence-corrected chi connectivity index (χ2v) is 6.40. The number of halogens is 2. The van der Waals surface area contributed by atoms with Gasteiger partial charge in [0, 0.05) is 22.3 Å². The van der Waals surface area contributed by atoms with Crippen LogP contribution < -0.4 is 5.32 Å². The summed E-state index contributed by atoms with van der Waals surface area (Å²) in [4.78, 5) is 13.5. The maximum atomic E-state index is 11.6. The third kappa shape index (κ3) is 6.57. The molecular formula is C17H18Cl2N2O3S. The molecule has 0 unspecified atom stereocenters. The zero-order valence-corrected chi connectivity index (χ0v) is 16.0. The molecule has 8 heteroatoms. The van der Waals surface area contributed by atoms with E-state index in [2.05, 4.69) is 5.32 Å². The molecule has 0 aliphatic heterocycles. The van der Waals surface area contributed by atoms with Gasteiger partial charge in [0.25, 0.3) is 0 Å². The number of nitrogens with one attached hydrogen (secondary N) is 1. The summed E-state index contributed by atoms with van der Waals surface area (Å²) in [6.45, 7) is 2.93. The van der Waals surface area contributed by atoms with Gasteiger partial charge >= 0.3 is 5.97 Å². The van der Waals surface area contributed by atoms with E-state index in [1.54, 1.807) is 37.5 Å². The molecule has 0 aliphatic carbocycles.